The summed E-state index contributed by atoms with van der Waals surface area (Å²) in [6.07, 6.45) is 0. The molecule has 0 amide bonds. The van der Waals surface area contributed by atoms with Crippen molar-refractivity contribution in [2.45, 2.75) is 13.0 Å². The van der Waals surface area contributed by atoms with E-state index in [4.69, 9.17) is 4.42 Å². The topological polar surface area (TPSA) is 41.3 Å². The lowest BCUT2D eigenvalue weighted by atomic mass is 10.2. The van der Waals surface area contributed by atoms with Crippen molar-refractivity contribution in [2.24, 2.45) is 0 Å². The standard InChI is InChI=1S/C12H15N3O/c1-9-8-13-6-7-15(9)12-14-10-4-2-3-5-11(10)16-12/h2-5,9,13H,6-8H2,1H3/t9-/m0/s1. The number of nitrogens with one attached hydrogen (secondary N) is 1. The summed E-state index contributed by atoms with van der Waals surface area (Å²) in [6, 6.07) is 9.07. The predicted octanol–water partition coefficient (Wildman–Crippen LogP) is 1.63. The number of para-hydroxylation sites is 2. The van der Waals surface area contributed by atoms with E-state index in [1.54, 1.807) is 0 Å². The van der Waals surface area contributed by atoms with Gasteiger partial charge in [0.15, 0.2) is 5.58 Å². The molecule has 1 atom stereocenters. The molecule has 0 spiro atoms. The molecule has 1 fully saturated rings. The zero-order chi connectivity index (χ0) is 11.0. The van der Waals surface area contributed by atoms with Crippen LogP contribution in [0.1, 0.15) is 6.92 Å². The minimum absolute atomic E-state index is 0.432. The van der Waals surface area contributed by atoms with Gasteiger partial charge in [-0.3, -0.25) is 0 Å². The van der Waals surface area contributed by atoms with E-state index in [-0.39, 0.29) is 0 Å². The number of oxazole rings is 1. The molecule has 1 aromatic carbocycles. The average Bonchev–Trinajstić information content (AvgIpc) is 2.73. The van der Waals surface area contributed by atoms with Gasteiger partial charge in [0.2, 0.25) is 0 Å². The van der Waals surface area contributed by atoms with Crippen LogP contribution in [0.5, 0.6) is 0 Å². The fourth-order valence-corrected chi connectivity index (χ4v) is 2.11. The second-order valence-corrected chi connectivity index (χ2v) is 4.21. The van der Waals surface area contributed by atoms with Crippen LogP contribution < -0.4 is 10.2 Å². The Morgan fingerprint density at radius 3 is 3.12 bits per heavy atom. The van der Waals surface area contributed by atoms with Gasteiger partial charge in [0.25, 0.3) is 6.01 Å². The minimum atomic E-state index is 0.432. The van der Waals surface area contributed by atoms with Gasteiger partial charge in [0, 0.05) is 25.7 Å². The van der Waals surface area contributed by atoms with Gasteiger partial charge in [-0.2, -0.15) is 4.98 Å². The number of piperazine rings is 1. The highest BCUT2D eigenvalue weighted by Crippen LogP contribution is 2.23. The van der Waals surface area contributed by atoms with Crippen LogP contribution in [0.15, 0.2) is 28.7 Å². The normalized spacial score (nSPS) is 21.6. The van der Waals surface area contributed by atoms with Crippen LogP contribution in [0, 0.1) is 0 Å². The van der Waals surface area contributed by atoms with E-state index < -0.39 is 0 Å². The number of aromatic nitrogens is 1. The van der Waals surface area contributed by atoms with Crippen molar-refractivity contribution in [3.63, 3.8) is 0 Å². The first-order valence-electron chi connectivity index (χ1n) is 5.67. The van der Waals surface area contributed by atoms with Gasteiger partial charge < -0.3 is 14.6 Å². The summed E-state index contributed by atoms with van der Waals surface area (Å²) in [6.45, 7) is 5.11. The maximum atomic E-state index is 5.76. The molecule has 0 saturated carbocycles. The highest BCUT2D eigenvalue weighted by molar-refractivity contribution is 5.74. The van der Waals surface area contributed by atoms with Crippen LogP contribution >= 0.6 is 0 Å². The van der Waals surface area contributed by atoms with Crippen molar-refractivity contribution in [1.82, 2.24) is 10.3 Å². The summed E-state index contributed by atoms with van der Waals surface area (Å²) in [7, 11) is 0. The summed E-state index contributed by atoms with van der Waals surface area (Å²) < 4.78 is 5.76. The Hall–Kier alpha value is -1.55. The molecule has 2 aromatic rings. The maximum absolute atomic E-state index is 5.76. The number of anilines is 1. The van der Waals surface area contributed by atoms with Crippen LogP contribution in [-0.2, 0) is 0 Å². The molecule has 3 rings (SSSR count). The number of fused-ring (bicyclic) bond motifs is 1. The van der Waals surface area contributed by atoms with Crippen LogP contribution in [0.4, 0.5) is 6.01 Å². The Bertz CT molecular complexity index is 461. The van der Waals surface area contributed by atoms with E-state index in [0.29, 0.717) is 6.04 Å². The number of rotatable bonds is 1. The summed E-state index contributed by atoms with van der Waals surface area (Å²) in [5.74, 6) is 0. The maximum Gasteiger partial charge on any atom is 0.298 e. The third kappa shape index (κ3) is 1.55. The van der Waals surface area contributed by atoms with Gasteiger partial charge in [-0.25, -0.2) is 0 Å². The van der Waals surface area contributed by atoms with Crippen molar-refractivity contribution >= 4 is 17.1 Å². The smallest absolute Gasteiger partial charge is 0.298 e. The summed E-state index contributed by atoms with van der Waals surface area (Å²) in [5.41, 5.74) is 1.80. The lowest BCUT2D eigenvalue weighted by molar-refractivity contribution is 0.456. The first-order chi connectivity index (χ1) is 7.84. The second kappa shape index (κ2) is 3.79. The van der Waals surface area contributed by atoms with Crippen LogP contribution in [0.25, 0.3) is 11.1 Å². The van der Waals surface area contributed by atoms with Gasteiger partial charge in [-0.15, -0.1) is 0 Å². The molecule has 0 radical (unpaired) electrons. The van der Waals surface area contributed by atoms with E-state index in [1.165, 1.54) is 0 Å². The monoisotopic (exact) mass is 217 g/mol. The molecule has 1 saturated heterocycles. The third-order valence-electron chi connectivity index (χ3n) is 3.03. The molecule has 1 aromatic heterocycles. The number of benzene rings is 1. The molecule has 84 valence electrons. The molecule has 0 unspecified atom stereocenters. The van der Waals surface area contributed by atoms with Crippen molar-refractivity contribution in [2.75, 3.05) is 24.5 Å². The fourth-order valence-electron chi connectivity index (χ4n) is 2.11. The first-order valence-corrected chi connectivity index (χ1v) is 5.67. The fraction of sp³-hybridized carbons (Fsp3) is 0.417. The minimum Gasteiger partial charge on any atom is -0.423 e. The van der Waals surface area contributed by atoms with E-state index in [0.717, 1.165) is 36.7 Å². The Balaban J connectivity index is 1.98. The van der Waals surface area contributed by atoms with E-state index >= 15 is 0 Å². The lowest BCUT2D eigenvalue weighted by Gasteiger charge is -2.32. The number of nitrogens with zero attached hydrogens (tertiary/aromatic N) is 2. The lowest BCUT2D eigenvalue weighted by Crippen LogP contribution is -2.50. The van der Waals surface area contributed by atoms with Crippen LogP contribution in [0.2, 0.25) is 0 Å². The van der Waals surface area contributed by atoms with E-state index in [9.17, 15) is 0 Å². The molecular weight excluding hydrogens is 202 g/mol. The SMILES string of the molecule is C[C@H]1CNCCN1c1nc2ccccc2o1. The van der Waals surface area contributed by atoms with Gasteiger partial charge in [0.05, 0.1) is 0 Å². The number of hydrogen-bond donors (Lipinski definition) is 1. The van der Waals surface area contributed by atoms with Gasteiger partial charge in [-0.05, 0) is 19.1 Å². The summed E-state index contributed by atoms with van der Waals surface area (Å²) in [5, 5.41) is 3.36. The molecule has 0 bridgehead atoms. The van der Waals surface area contributed by atoms with Crippen molar-refractivity contribution in [3.8, 4) is 0 Å². The molecule has 1 aliphatic heterocycles. The predicted molar refractivity (Wildman–Crippen MR) is 63.7 cm³/mol. The Morgan fingerprint density at radius 2 is 2.31 bits per heavy atom. The Morgan fingerprint density at radius 1 is 1.44 bits per heavy atom. The molecule has 16 heavy (non-hydrogen) atoms. The zero-order valence-electron chi connectivity index (χ0n) is 9.31. The Kier molecular flexibility index (Phi) is 2.29. The van der Waals surface area contributed by atoms with Gasteiger partial charge in [-0.1, -0.05) is 12.1 Å². The van der Waals surface area contributed by atoms with Crippen LogP contribution in [-0.4, -0.2) is 30.7 Å². The van der Waals surface area contributed by atoms with Gasteiger partial charge >= 0.3 is 0 Å². The van der Waals surface area contributed by atoms with Crippen molar-refractivity contribution in [1.29, 1.82) is 0 Å². The zero-order valence-corrected chi connectivity index (χ0v) is 9.31. The van der Waals surface area contributed by atoms with Crippen molar-refractivity contribution < 1.29 is 4.42 Å². The molecule has 2 heterocycles. The Labute approximate surface area is 94.3 Å². The average molecular weight is 217 g/mol. The summed E-state index contributed by atoms with van der Waals surface area (Å²) in [4.78, 5) is 6.74. The highest BCUT2D eigenvalue weighted by atomic mass is 16.4. The van der Waals surface area contributed by atoms with E-state index in [2.05, 4.69) is 22.1 Å². The van der Waals surface area contributed by atoms with Gasteiger partial charge in [0.1, 0.15) is 5.52 Å². The molecule has 4 nitrogen and oxygen atoms in total. The molecule has 0 aliphatic carbocycles. The molecule has 4 heteroatoms. The highest BCUT2D eigenvalue weighted by Gasteiger charge is 2.22. The van der Waals surface area contributed by atoms with Crippen molar-refractivity contribution in [3.05, 3.63) is 24.3 Å². The molecule has 1 N–H and O–H groups in total. The van der Waals surface area contributed by atoms with E-state index in [1.807, 2.05) is 24.3 Å². The molecule has 1 aliphatic rings. The molecular formula is C12H15N3O. The second-order valence-electron chi connectivity index (χ2n) is 4.21. The largest absolute Gasteiger partial charge is 0.423 e. The summed E-state index contributed by atoms with van der Waals surface area (Å²) >= 11 is 0. The van der Waals surface area contributed by atoms with Crippen LogP contribution in [0.3, 0.4) is 0 Å². The third-order valence-corrected chi connectivity index (χ3v) is 3.03. The quantitative estimate of drug-likeness (QED) is 0.788. The first kappa shape index (κ1) is 9.66. The number of hydrogen-bond acceptors (Lipinski definition) is 4.